The molecule has 0 aliphatic carbocycles. The number of ether oxygens (including phenoxy) is 2. The topological polar surface area (TPSA) is 69.0 Å². The molecule has 2 aliphatic rings. The van der Waals surface area contributed by atoms with E-state index in [0.29, 0.717) is 0 Å². The van der Waals surface area contributed by atoms with E-state index in [0.717, 1.165) is 56.5 Å². The molecule has 2 aromatic carbocycles. The molecule has 0 amide bonds. The molecular formula is C28H22N4O2. The van der Waals surface area contributed by atoms with Gasteiger partial charge in [0.1, 0.15) is 11.4 Å². The lowest BCUT2D eigenvalue weighted by molar-refractivity contribution is 0.0337. The van der Waals surface area contributed by atoms with Crippen molar-refractivity contribution < 1.29 is 9.47 Å². The Morgan fingerprint density at radius 2 is 1.21 bits per heavy atom. The molecule has 0 N–H and O–H groups in total. The molecule has 0 atom stereocenters. The minimum Gasteiger partial charge on any atom is -0.451 e. The smallest absolute Gasteiger partial charge is 0.252 e. The van der Waals surface area contributed by atoms with Crippen molar-refractivity contribution in [3.63, 3.8) is 0 Å². The van der Waals surface area contributed by atoms with Crippen LogP contribution in [0.4, 0.5) is 11.4 Å². The van der Waals surface area contributed by atoms with Crippen molar-refractivity contribution in [3.05, 3.63) is 107 Å². The Balaban J connectivity index is 1.39. The minimum absolute atomic E-state index is 0.0302. The van der Waals surface area contributed by atoms with E-state index in [4.69, 9.17) is 19.5 Å². The monoisotopic (exact) mass is 446 g/mol. The van der Waals surface area contributed by atoms with Crippen molar-refractivity contribution in [1.82, 2.24) is 9.97 Å². The second kappa shape index (κ2) is 8.23. The van der Waals surface area contributed by atoms with Gasteiger partial charge in [0.25, 0.3) is 6.29 Å². The van der Waals surface area contributed by atoms with Gasteiger partial charge in [-0.05, 0) is 61.4 Å². The number of aromatic nitrogens is 2. The van der Waals surface area contributed by atoms with Gasteiger partial charge in [-0.25, -0.2) is 0 Å². The van der Waals surface area contributed by atoms with Gasteiger partial charge in [0.05, 0.1) is 29.7 Å². The molecule has 2 aliphatic heterocycles. The minimum atomic E-state index is -0.443. The molecule has 0 unspecified atom stereocenters. The first-order chi connectivity index (χ1) is 16.7. The number of aliphatic imine (C=N–C) groups is 2. The van der Waals surface area contributed by atoms with Crippen molar-refractivity contribution in [2.75, 3.05) is 0 Å². The molecule has 166 valence electrons. The molecular weight excluding hydrogens is 424 g/mol. The first-order valence-corrected chi connectivity index (χ1v) is 11.2. The fraction of sp³-hybridized carbons (Fsp3) is 0.143. The number of benzene rings is 2. The zero-order chi connectivity index (χ0) is 23.1. The Bertz CT molecular complexity index is 1320. The predicted octanol–water partition coefficient (Wildman–Crippen LogP) is 5.84. The molecule has 6 nitrogen and oxygen atoms in total. The number of fused-ring (bicyclic) bond motifs is 5. The summed E-state index contributed by atoms with van der Waals surface area (Å²) in [7, 11) is 0. The SMILES string of the molecule is Cc1cc(N=Cc2ccccn2)c2c(c1)C1c3cc(C)cc(N=Cc4ccccn4)c3OC1O2. The van der Waals surface area contributed by atoms with Gasteiger partial charge in [-0.2, -0.15) is 0 Å². The van der Waals surface area contributed by atoms with E-state index in [1.807, 2.05) is 48.5 Å². The zero-order valence-electron chi connectivity index (χ0n) is 18.8. The lowest BCUT2D eigenvalue weighted by Gasteiger charge is -2.12. The Kier molecular flexibility index (Phi) is 4.91. The van der Waals surface area contributed by atoms with Crippen molar-refractivity contribution in [1.29, 1.82) is 0 Å². The van der Waals surface area contributed by atoms with Crippen molar-refractivity contribution in [2.24, 2.45) is 9.98 Å². The molecule has 0 radical (unpaired) electrons. The summed E-state index contributed by atoms with van der Waals surface area (Å²) in [6.45, 7) is 4.14. The highest BCUT2D eigenvalue weighted by atomic mass is 16.7. The Labute approximate surface area is 197 Å². The highest BCUT2D eigenvalue weighted by Crippen LogP contribution is 2.56. The van der Waals surface area contributed by atoms with Crippen LogP contribution in [0.3, 0.4) is 0 Å². The predicted molar refractivity (Wildman–Crippen MR) is 132 cm³/mol. The molecule has 0 fully saturated rings. The van der Waals surface area contributed by atoms with Gasteiger partial charge >= 0.3 is 0 Å². The number of hydrogen-bond acceptors (Lipinski definition) is 6. The van der Waals surface area contributed by atoms with Gasteiger partial charge in [0, 0.05) is 23.5 Å². The third-order valence-corrected chi connectivity index (χ3v) is 5.94. The number of hydrogen-bond donors (Lipinski definition) is 0. The summed E-state index contributed by atoms with van der Waals surface area (Å²) < 4.78 is 12.6. The van der Waals surface area contributed by atoms with E-state index in [1.165, 1.54) is 0 Å². The average Bonchev–Trinajstić information content (AvgIpc) is 3.39. The number of rotatable bonds is 4. The molecule has 2 aromatic heterocycles. The molecule has 34 heavy (non-hydrogen) atoms. The number of pyridine rings is 2. The largest absolute Gasteiger partial charge is 0.451 e. The van der Waals surface area contributed by atoms with Crippen LogP contribution in [-0.4, -0.2) is 28.7 Å². The van der Waals surface area contributed by atoms with E-state index in [9.17, 15) is 0 Å². The number of aryl methyl sites for hydroxylation is 2. The first kappa shape index (κ1) is 20.3. The maximum Gasteiger partial charge on any atom is 0.252 e. The normalized spacial score (nSPS) is 17.9. The Hall–Kier alpha value is -4.32. The Morgan fingerprint density at radius 1 is 0.706 bits per heavy atom. The van der Waals surface area contributed by atoms with E-state index >= 15 is 0 Å². The van der Waals surface area contributed by atoms with Crippen molar-refractivity contribution in [2.45, 2.75) is 26.1 Å². The van der Waals surface area contributed by atoms with E-state index < -0.39 is 6.29 Å². The van der Waals surface area contributed by atoms with Crippen LogP contribution >= 0.6 is 0 Å². The standard InChI is InChI=1S/C28H22N4O2/c1-17-11-21-25-22-12-18(2)14-24(32-16-20-8-4-6-10-30-20)27(22)34-28(25)33-26(21)23(13-17)31-15-19-7-3-5-9-29-19/h3-16,25,28H,1-2H3. The van der Waals surface area contributed by atoms with E-state index in [1.54, 1.807) is 24.8 Å². The van der Waals surface area contributed by atoms with Gasteiger partial charge in [0.15, 0.2) is 11.5 Å². The maximum absolute atomic E-state index is 6.32. The number of nitrogens with zero attached hydrogens (tertiary/aromatic N) is 4. The van der Waals surface area contributed by atoms with Crippen LogP contribution in [0, 0.1) is 13.8 Å². The lowest BCUT2D eigenvalue weighted by atomic mass is 9.90. The average molecular weight is 447 g/mol. The fourth-order valence-corrected chi connectivity index (χ4v) is 4.50. The highest BCUT2D eigenvalue weighted by Gasteiger charge is 2.46. The van der Waals surface area contributed by atoms with E-state index in [-0.39, 0.29) is 5.92 Å². The van der Waals surface area contributed by atoms with Crippen molar-refractivity contribution in [3.8, 4) is 11.5 Å². The molecule has 6 rings (SSSR count). The summed E-state index contributed by atoms with van der Waals surface area (Å²) in [6, 6.07) is 19.9. The Morgan fingerprint density at radius 3 is 1.65 bits per heavy atom. The van der Waals surface area contributed by atoms with Crippen LogP contribution in [0.2, 0.25) is 0 Å². The second-order valence-corrected chi connectivity index (χ2v) is 8.51. The molecule has 4 heterocycles. The maximum atomic E-state index is 6.32. The lowest BCUT2D eigenvalue weighted by Crippen LogP contribution is -2.19. The van der Waals surface area contributed by atoms with Crippen LogP contribution in [0.1, 0.15) is 39.6 Å². The van der Waals surface area contributed by atoms with Crippen LogP contribution in [0.5, 0.6) is 11.5 Å². The molecule has 0 spiro atoms. The van der Waals surface area contributed by atoms with Gasteiger partial charge in [-0.3, -0.25) is 20.0 Å². The summed E-state index contributed by atoms with van der Waals surface area (Å²) in [5.74, 6) is 1.49. The van der Waals surface area contributed by atoms with Crippen molar-refractivity contribution >= 4 is 23.8 Å². The van der Waals surface area contributed by atoms with Gasteiger partial charge in [0.2, 0.25) is 0 Å². The molecule has 0 saturated heterocycles. The van der Waals surface area contributed by atoms with Gasteiger partial charge < -0.3 is 9.47 Å². The summed E-state index contributed by atoms with van der Waals surface area (Å²) in [6.07, 6.45) is 6.58. The molecule has 4 aromatic rings. The summed E-state index contributed by atoms with van der Waals surface area (Å²) >= 11 is 0. The molecule has 0 saturated carbocycles. The quantitative estimate of drug-likeness (QED) is 0.370. The third kappa shape index (κ3) is 3.63. The molecule has 6 heteroatoms. The van der Waals surface area contributed by atoms with Gasteiger partial charge in [-0.15, -0.1) is 0 Å². The van der Waals surface area contributed by atoms with Crippen LogP contribution in [0.25, 0.3) is 0 Å². The second-order valence-electron chi connectivity index (χ2n) is 8.51. The van der Waals surface area contributed by atoms with Crippen LogP contribution in [-0.2, 0) is 0 Å². The van der Waals surface area contributed by atoms with Crippen LogP contribution < -0.4 is 9.47 Å². The molecule has 0 bridgehead atoms. The first-order valence-electron chi connectivity index (χ1n) is 11.2. The summed E-state index contributed by atoms with van der Waals surface area (Å²) in [5.41, 5.74) is 7.55. The van der Waals surface area contributed by atoms with Gasteiger partial charge in [-0.1, -0.05) is 24.3 Å². The fourth-order valence-electron chi connectivity index (χ4n) is 4.50. The summed E-state index contributed by atoms with van der Waals surface area (Å²) in [5, 5.41) is 0. The van der Waals surface area contributed by atoms with Crippen LogP contribution in [0.15, 0.2) is 83.0 Å². The third-order valence-electron chi connectivity index (χ3n) is 5.94. The summed E-state index contributed by atoms with van der Waals surface area (Å²) in [4.78, 5) is 18.0. The highest BCUT2D eigenvalue weighted by molar-refractivity contribution is 5.83. The zero-order valence-corrected chi connectivity index (χ0v) is 18.8. The van der Waals surface area contributed by atoms with E-state index in [2.05, 4.69) is 35.9 Å².